The van der Waals surface area contributed by atoms with Crippen LogP contribution in [0.1, 0.15) is 22.8 Å². The van der Waals surface area contributed by atoms with Gasteiger partial charge in [0, 0.05) is 17.8 Å². The average molecular weight is 301 g/mol. The third kappa shape index (κ3) is 2.58. The summed E-state index contributed by atoms with van der Waals surface area (Å²) in [6.07, 6.45) is 0. The number of aryl methyl sites for hydroxylation is 2. The summed E-state index contributed by atoms with van der Waals surface area (Å²) in [7, 11) is 2.02. The molecule has 0 spiro atoms. The Kier molecular flexibility index (Phi) is 3.41. The normalized spacial score (nSPS) is 11.6. The molecule has 3 aromatic heterocycles. The third-order valence-electron chi connectivity index (χ3n) is 3.57. The van der Waals surface area contributed by atoms with Gasteiger partial charge in [-0.25, -0.2) is 4.98 Å². The summed E-state index contributed by atoms with van der Waals surface area (Å²) < 4.78 is 0. The first kappa shape index (κ1) is 14.3. The molecule has 0 radical (unpaired) electrons. The molecule has 0 aromatic carbocycles. The number of imidazole rings is 1. The quantitative estimate of drug-likeness (QED) is 0.550. The Bertz CT molecular complexity index is 797. The standard InChI is InChI=1S/C13H19N9/c1-6-8(7(2)21-20-6)4-22(3)5-9-16-10-11(14)18-13(15)19-12(10)17-9/h4-5H2,1-3H3,(H,20,21)(H5,14,15,16,17,18,19). The second kappa shape index (κ2) is 5.26. The van der Waals surface area contributed by atoms with Gasteiger partial charge in [0.05, 0.1) is 12.2 Å². The van der Waals surface area contributed by atoms with Crippen molar-refractivity contribution in [2.24, 2.45) is 0 Å². The zero-order valence-electron chi connectivity index (χ0n) is 12.8. The van der Waals surface area contributed by atoms with Gasteiger partial charge in [0.25, 0.3) is 0 Å². The zero-order valence-corrected chi connectivity index (χ0v) is 12.8. The minimum atomic E-state index is 0.126. The SMILES string of the molecule is Cc1n[nH]c(C)c1CN(C)Cc1nc2nc(N)nc(N)c2[nH]1. The molecule has 22 heavy (non-hydrogen) atoms. The van der Waals surface area contributed by atoms with Crippen LogP contribution in [0.2, 0.25) is 0 Å². The molecule has 0 aliphatic carbocycles. The molecule has 6 N–H and O–H groups in total. The van der Waals surface area contributed by atoms with Gasteiger partial charge in [-0.3, -0.25) is 10.00 Å². The van der Waals surface area contributed by atoms with Crippen molar-refractivity contribution < 1.29 is 0 Å². The van der Waals surface area contributed by atoms with Crippen LogP contribution in [0.3, 0.4) is 0 Å². The number of rotatable bonds is 4. The number of nitrogens with one attached hydrogen (secondary N) is 2. The molecule has 3 rings (SSSR count). The largest absolute Gasteiger partial charge is 0.382 e. The highest BCUT2D eigenvalue weighted by atomic mass is 15.2. The highest BCUT2D eigenvalue weighted by Crippen LogP contribution is 2.18. The summed E-state index contributed by atoms with van der Waals surface area (Å²) in [5.41, 5.74) is 15.8. The predicted molar refractivity (Wildman–Crippen MR) is 83.7 cm³/mol. The Morgan fingerprint density at radius 2 is 1.86 bits per heavy atom. The van der Waals surface area contributed by atoms with Crippen LogP contribution in [0, 0.1) is 13.8 Å². The van der Waals surface area contributed by atoms with Crippen LogP contribution in [0.15, 0.2) is 0 Å². The van der Waals surface area contributed by atoms with Crippen molar-refractivity contribution >= 4 is 22.9 Å². The summed E-state index contributed by atoms with van der Waals surface area (Å²) in [6, 6.07) is 0. The molecule has 0 aliphatic heterocycles. The first-order valence-corrected chi connectivity index (χ1v) is 6.90. The van der Waals surface area contributed by atoms with Gasteiger partial charge < -0.3 is 16.5 Å². The maximum Gasteiger partial charge on any atom is 0.224 e. The lowest BCUT2D eigenvalue weighted by atomic mass is 10.2. The van der Waals surface area contributed by atoms with Gasteiger partial charge in [0.1, 0.15) is 11.3 Å². The second-order valence-corrected chi connectivity index (χ2v) is 5.43. The van der Waals surface area contributed by atoms with Gasteiger partial charge in [-0.2, -0.15) is 15.1 Å². The van der Waals surface area contributed by atoms with Gasteiger partial charge in [-0.15, -0.1) is 0 Å². The fourth-order valence-electron chi connectivity index (χ4n) is 2.45. The molecule has 0 fully saturated rings. The minimum Gasteiger partial charge on any atom is -0.382 e. The summed E-state index contributed by atoms with van der Waals surface area (Å²) in [6.45, 7) is 5.41. The van der Waals surface area contributed by atoms with Gasteiger partial charge in [0.2, 0.25) is 5.95 Å². The number of hydrogen-bond donors (Lipinski definition) is 4. The molecule has 0 unspecified atom stereocenters. The Hall–Kier alpha value is -2.68. The Morgan fingerprint density at radius 3 is 2.55 bits per heavy atom. The minimum absolute atomic E-state index is 0.126. The van der Waals surface area contributed by atoms with E-state index in [2.05, 4.69) is 35.0 Å². The molecule has 116 valence electrons. The van der Waals surface area contributed by atoms with Crippen LogP contribution in [0.5, 0.6) is 0 Å². The number of fused-ring (bicyclic) bond motifs is 1. The number of aromatic amines is 2. The van der Waals surface area contributed by atoms with Crippen molar-refractivity contribution in [2.75, 3.05) is 18.5 Å². The number of hydrogen-bond acceptors (Lipinski definition) is 7. The summed E-state index contributed by atoms with van der Waals surface area (Å²) in [4.78, 5) is 17.7. The predicted octanol–water partition coefficient (Wildman–Crippen LogP) is 0.489. The summed E-state index contributed by atoms with van der Waals surface area (Å²) in [5.74, 6) is 1.20. The van der Waals surface area contributed by atoms with Gasteiger partial charge in [0.15, 0.2) is 11.5 Å². The fourth-order valence-corrected chi connectivity index (χ4v) is 2.45. The molecule has 0 amide bonds. The van der Waals surface area contributed by atoms with Crippen molar-refractivity contribution in [2.45, 2.75) is 26.9 Å². The smallest absolute Gasteiger partial charge is 0.224 e. The third-order valence-corrected chi connectivity index (χ3v) is 3.57. The molecule has 0 saturated carbocycles. The van der Waals surface area contributed by atoms with Crippen molar-refractivity contribution in [1.82, 2.24) is 35.0 Å². The molecule has 9 heteroatoms. The monoisotopic (exact) mass is 301 g/mol. The van der Waals surface area contributed by atoms with Gasteiger partial charge in [-0.1, -0.05) is 0 Å². The van der Waals surface area contributed by atoms with E-state index < -0.39 is 0 Å². The van der Waals surface area contributed by atoms with E-state index in [1.807, 2.05) is 20.9 Å². The average Bonchev–Trinajstić information content (AvgIpc) is 2.96. The van der Waals surface area contributed by atoms with Crippen molar-refractivity contribution in [1.29, 1.82) is 0 Å². The number of aromatic nitrogens is 6. The second-order valence-electron chi connectivity index (χ2n) is 5.43. The lowest BCUT2D eigenvalue weighted by molar-refractivity contribution is 0.310. The number of anilines is 2. The van der Waals surface area contributed by atoms with Crippen molar-refractivity contribution in [3.63, 3.8) is 0 Å². The number of nitrogen functional groups attached to an aromatic ring is 2. The van der Waals surface area contributed by atoms with E-state index in [0.29, 0.717) is 23.5 Å². The maximum absolute atomic E-state index is 5.82. The van der Waals surface area contributed by atoms with Crippen LogP contribution < -0.4 is 11.5 Å². The van der Waals surface area contributed by atoms with Crippen LogP contribution >= 0.6 is 0 Å². The van der Waals surface area contributed by atoms with Gasteiger partial charge >= 0.3 is 0 Å². The molecule has 0 atom stereocenters. The van der Waals surface area contributed by atoms with E-state index in [4.69, 9.17) is 11.5 Å². The van der Waals surface area contributed by atoms with Crippen LogP contribution in [0.25, 0.3) is 11.2 Å². The van der Waals surface area contributed by atoms with Crippen LogP contribution in [0.4, 0.5) is 11.8 Å². The highest BCUT2D eigenvalue weighted by molar-refractivity contribution is 5.82. The summed E-state index contributed by atoms with van der Waals surface area (Å²) >= 11 is 0. The molecule has 9 nitrogen and oxygen atoms in total. The first-order valence-electron chi connectivity index (χ1n) is 6.90. The molecule has 0 saturated heterocycles. The Balaban J connectivity index is 1.79. The Labute approximate surface area is 127 Å². The van der Waals surface area contributed by atoms with E-state index in [1.54, 1.807) is 0 Å². The lowest BCUT2D eigenvalue weighted by Crippen LogP contribution is -2.18. The molecular formula is C13H19N9. The lowest BCUT2D eigenvalue weighted by Gasteiger charge is -2.15. The molecular weight excluding hydrogens is 282 g/mol. The zero-order chi connectivity index (χ0) is 15.9. The van der Waals surface area contributed by atoms with Crippen molar-refractivity contribution in [3.05, 3.63) is 22.8 Å². The topological polar surface area (TPSA) is 138 Å². The van der Waals surface area contributed by atoms with E-state index in [1.165, 1.54) is 5.56 Å². The van der Waals surface area contributed by atoms with E-state index >= 15 is 0 Å². The van der Waals surface area contributed by atoms with Crippen LogP contribution in [-0.2, 0) is 13.1 Å². The number of nitrogens with two attached hydrogens (primary N) is 2. The molecule has 3 aromatic rings. The van der Waals surface area contributed by atoms with E-state index in [-0.39, 0.29) is 5.95 Å². The van der Waals surface area contributed by atoms with E-state index in [9.17, 15) is 0 Å². The number of nitrogens with zero attached hydrogens (tertiary/aromatic N) is 5. The molecule has 0 aliphatic rings. The Morgan fingerprint density at radius 1 is 1.09 bits per heavy atom. The summed E-state index contributed by atoms with van der Waals surface area (Å²) in [5, 5.41) is 7.20. The maximum atomic E-state index is 5.82. The van der Waals surface area contributed by atoms with Crippen molar-refractivity contribution in [3.8, 4) is 0 Å². The van der Waals surface area contributed by atoms with Gasteiger partial charge in [-0.05, 0) is 20.9 Å². The number of H-pyrrole nitrogens is 2. The first-order chi connectivity index (χ1) is 10.4. The molecule has 3 heterocycles. The highest BCUT2D eigenvalue weighted by Gasteiger charge is 2.13. The van der Waals surface area contributed by atoms with Crippen LogP contribution in [-0.4, -0.2) is 42.1 Å². The molecule has 0 bridgehead atoms. The fraction of sp³-hybridized carbons (Fsp3) is 0.385. The van der Waals surface area contributed by atoms with E-state index in [0.717, 1.165) is 23.8 Å².